The Labute approximate surface area is 241 Å². The van der Waals surface area contributed by atoms with Crippen molar-refractivity contribution >= 4 is 76.4 Å². The van der Waals surface area contributed by atoms with Gasteiger partial charge in [-0.05, 0) is 83.1 Å². The quantitative estimate of drug-likeness (QED) is 0.261. The molecule has 3 aliphatic heterocycles. The van der Waals surface area contributed by atoms with Gasteiger partial charge in [0.25, 0.3) is 0 Å². The highest BCUT2D eigenvalue weighted by Crippen LogP contribution is 2.49. The van der Waals surface area contributed by atoms with Gasteiger partial charge in [0.1, 0.15) is 0 Å². The fourth-order valence-corrected chi connectivity index (χ4v) is 28.8. The van der Waals surface area contributed by atoms with Gasteiger partial charge in [0, 0.05) is 48.3 Å². The maximum Gasteiger partial charge on any atom is 0.537 e. The summed E-state index contributed by atoms with van der Waals surface area (Å²) in [5.41, 5.74) is -1.34. The van der Waals surface area contributed by atoms with E-state index in [1.54, 1.807) is 0 Å². The first-order chi connectivity index (χ1) is 15.8. The molecule has 212 valence electrons. The van der Waals surface area contributed by atoms with Crippen molar-refractivity contribution in [3.8, 4) is 0 Å². The van der Waals surface area contributed by atoms with Crippen LogP contribution in [0, 0.1) is 0 Å². The molecule has 0 unspecified atom stereocenters. The molecule has 0 amide bonds. The Morgan fingerprint density at radius 3 is 0.722 bits per heavy atom. The summed E-state index contributed by atoms with van der Waals surface area (Å²) < 4.78 is 36.1. The van der Waals surface area contributed by atoms with Crippen LogP contribution >= 0.6 is 44.3 Å². The Hall–Kier alpha value is 1.71. The van der Waals surface area contributed by atoms with Crippen LogP contribution in [-0.4, -0.2) is 98.7 Å². The van der Waals surface area contributed by atoms with Gasteiger partial charge in [0.2, 0.25) is 0 Å². The molecule has 3 heterocycles. The van der Waals surface area contributed by atoms with Gasteiger partial charge < -0.3 is 16.5 Å². The van der Waals surface area contributed by atoms with Crippen molar-refractivity contribution in [1.29, 1.82) is 0 Å². The first kappa shape index (κ1) is 32.2. The fraction of sp³-hybridized carbons (Fsp3) is 1.00. The normalized spacial score (nSPS) is 28.7. The Morgan fingerprint density at radius 1 is 0.417 bits per heavy atom. The molecule has 0 bridgehead atoms. The molecule has 3 rings (SSSR count). The first-order valence-corrected chi connectivity index (χ1v) is 23.5. The third-order valence-corrected chi connectivity index (χ3v) is 26.6. The van der Waals surface area contributed by atoms with Gasteiger partial charge in [-0.3, -0.25) is 18.3 Å². The van der Waals surface area contributed by atoms with Gasteiger partial charge in [0.05, 0.1) is 0 Å². The minimum Gasteiger partial charge on any atom is -0.367 e. The summed E-state index contributed by atoms with van der Waals surface area (Å²) >= 11 is 28.5. The fourth-order valence-electron chi connectivity index (χ4n) is 5.44. The molecular weight excluding hydrogens is 614 g/mol. The largest absolute Gasteiger partial charge is 0.537 e. The predicted octanol–water partition coefficient (Wildman–Crippen LogP) is 5.19. The SMILES string of the molecule is CC(C)(C)N1CCN(C(C)(C)C)[Si]12O[Si](Cl)(Cl)O[Si]1(O[Si](Cl)(Cl)O2)N(C(C)(C)C)CCN1C(C)(C)C. The van der Waals surface area contributed by atoms with Crippen LogP contribution in [0.5, 0.6) is 0 Å². The summed E-state index contributed by atoms with van der Waals surface area (Å²) in [6, 6.07) is 0. The highest BCUT2D eigenvalue weighted by atomic mass is 35.7. The van der Waals surface area contributed by atoms with Crippen molar-refractivity contribution in [2.45, 2.75) is 105 Å². The molecule has 3 saturated heterocycles. The molecule has 0 aromatic heterocycles. The van der Waals surface area contributed by atoms with Crippen LogP contribution in [0.3, 0.4) is 0 Å². The van der Waals surface area contributed by atoms with Crippen LogP contribution in [0.1, 0.15) is 83.1 Å². The summed E-state index contributed by atoms with van der Waals surface area (Å²) in [4.78, 5) is 0. The zero-order chi connectivity index (χ0) is 28.0. The number of hydrogen-bond donors (Lipinski definition) is 0. The maximum absolute atomic E-state index is 7.13. The van der Waals surface area contributed by atoms with Crippen molar-refractivity contribution in [1.82, 2.24) is 18.3 Å². The van der Waals surface area contributed by atoms with E-state index in [9.17, 15) is 0 Å². The molecule has 0 saturated carbocycles. The Balaban J connectivity index is 2.23. The molecule has 0 N–H and O–H groups in total. The van der Waals surface area contributed by atoms with Crippen LogP contribution in [0.4, 0.5) is 0 Å². The highest BCUT2D eigenvalue weighted by molar-refractivity contribution is 7.44. The van der Waals surface area contributed by atoms with E-state index in [1.807, 2.05) is 0 Å². The zero-order valence-corrected chi connectivity index (χ0v) is 30.8. The number of hydrogen-bond acceptors (Lipinski definition) is 8. The Bertz CT molecular complexity index is 714. The molecule has 16 heteroatoms. The molecule has 36 heavy (non-hydrogen) atoms. The topological polar surface area (TPSA) is 49.9 Å². The zero-order valence-electron chi connectivity index (χ0n) is 23.8. The van der Waals surface area contributed by atoms with Crippen LogP contribution in [-0.2, 0) is 16.5 Å². The van der Waals surface area contributed by atoms with Crippen molar-refractivity contribution < 1.29 is 16.5 Å². The second-order valence-corrected chi connectivity index (χ2v) is 30.3. The van der Waals surface area contributed by atoms with Gasteiger partial charge in [0.15, 0.2) is 0 Å². The van der Waals surface area contributed by atoms with Crippen molar-refractivity contribution in [2.75, 3.05) is 26.2 Å². The van der Waals surface area contributed by atoms with E-state index in [1.165, 1.54) is 0 Å². The predicted molar refractivity (Wildman–Crippen MR) is 157 cm³/mol. The first-order valence-electron chi connectivity index (χ1n) is 12.4. The second-order valence-electron chi connectivity index (χ2n) is 13.7. The number of nitrogens with zero attached hydrogens (tertiary/aromatic N) is 4. The molecule has 0 radical (unpaired) electrons. The minimum absolute atomic E-state index is 0.334. The smallest absolute Gasteiger partial charge is 0.367 e. The molecule has 2 spiro atoms. The summed E-state index contributed by atoms with van der Waals surface area (Å²) in [6.45, 7) is 28.0. The standard InChI is InChI=1S/C20H44Cl4N4O4Si4/c1-17(2,3)25-13-14-26(18(4,5)6)35(25)29-33(21,22)31-36(32-34(23,24)30-35)27(19(7,8)9)15-16-28(36)20(10,11)12/h13-16H2,1-12H3. The van der Waals surface area contributed by atoms with Crippen molar-refractivity contribution in [2.24, 2.45) is 0 Å². The summed E-state index contributed by atoms with van der Waals surface area (Å²) in [6.07, 6.45) is 0. The molecule has 3 aliphatic rings. The molecule has 0 atom stereocenters. The van der Waals surface area contributed by atoms with Crippen molar-refractivity contribution in [3.05, 3.63) is 0 Å². The van der Waals surface area contributed by atoms with E-state index >= 15 is 0 Å². The lowest BCUT2D eigenvalue weighted by atomic mass is 10.1. The van der Waals surface area contributed by atoms with Gasteiger partial charge in [-0.1, -0.05) is 44.3 Å². The second kappa shape index (κ2) is 9.63. The summed E-state index contributed by atoms with van der Waals surface area (Å²) in [5, 5.41) is 0. The van der Waals surface area contributed by atoms with E-state index in [-0.39, 0.29) is 22.2 Å². The Kier molecular flexibility index (Phi) is 8.62. The lowest BCUT2D eigenvalue weighted by Crippen LogP contribution is -2.82. The third-order valence-electron chi connectivity index (χ3n) is 6.70. The van der Waals surface area contributed by atoms with E-state index in [0.29, 0.717) is 26.2 Å². The van der Waals surface area contributed by atoms with Crippen LogP contribution in [0.2, 0.25) is 0 Å². The molecule has 0 aromatic rings. The minimum atomic E-state index is -3.94. The van der Waals surface area contributed by atoms with Crippen LogP contribution in [0.15, 0.2) is 0 Å². The lowest BCUT2D eigenvalue weighted by Gasteiger charge is -2.56. The third kappa shape index (κ3) is 6.14. The molecule has 0 aliphatic carbocycles. The van der Waals surface area contributed by atoms with Crippen LogP contribution < -0.4 is 0 Å². The van der Waals surface area contributed by atoms with Gasteiger partial charge in [-0.25, -0.2) is 0 Å². The molecule has 0 aromatic carbocycles. The van der Waals surface area contributed by atoms with Gasteiger partial charge in [-0.15, -0.1) is 0 Å². The van der Waals surface area contributed by atoms with Crippen LogP contribution in [0.25, 0.3) is 0 Å². The van der Waals surface area contributed by atoms with E-state index in [4.69, 9.17) is 60.8 Å². The van der Waals surface area contributed by atoms with E-state index in [0.717, 1.165) is 0 Å². The maximum atomic E-state index is 7.13. The Morgan fingerprint density at radius 2 is 0.583 bits per heavy atom. The van der Waals surface area contributed by atoms with Gasteiger partial charge >= 0.3 is 32.1 Å². The molecule has 3 fully saturated rings. The summed E-state index contributed by atoms with van der Waals surface area (Å²) in [5.74, 6) is 0. The monoisotopic (exact) mass is 656 g/mol. The highest BCUT2D eigenvalue weighted by Gasteiger charge is 2.76. The lowest BCUT2D eigenvalue weighted by molar-refractivity contribution is 0.0780. The van der Waals surface area contributed by atoms with Gasteiger partial charge in [-0.2, -0.15) is 0 Å². The van der Waals surface area contributed by atoms with E-state index in [2.05, 4.69) is 101 Å². The average Bonchev–Trinajstić information content (AvgIpc) is 3.08. The number of halogens is 4. The summed E-state index contributed by atoms with van der Waals surface area (Å²) in [7, 11) is -15.1. The average molecular weight is 659 g/mol. The number of rotatable bonds is 0. The van der Waals surface area contributed by atoms with Crippen molar-refractivity contribution in [3.63, 3.8) is 0 Å². The molecule has 8 nitrogen and oxygen atoms in total. The molecular formula is C20H44Cl4N4O4Si4. The van der Waals surface area contributed by atoms with E-state index < -0.39 is 32.1 Å².